The summed E-state index contributed by atoms with van der Waals surface area (Å²) in [6, 6.07) is 25.2. The Morgan fingerprint density at radius 2 is 1.54 bits per heavy atom. The Morgan fingerprint density at radius 1 is 0.892 bits per heavy atom. The third-order valence-electron chi connectivity index (χ3n) is 5.67. The maximum atomic E-state index is 13.1. The second-order valence-electron chi connectivity index (χ2n) is 8.37. The Hall–Kier alpha value is -3.43. The maximum absolute atomic E-state index is 13.1. The summed E-state index contributed by atoms with van der Waals surface area (Å²) >= 11 is 4.83. The molecule has 1 aromatic heterocycles. The highest BCUT2D eigenvalue weighted by Crippen LogP contribution is 2.30. The van der Waals surface area contributed by atoms with E-state index in [-0.39, 0.29) is 17.1 Å². The van der Waals surface area contributed by atoms with Crippen LogP contribution in [-0.4, -0.2) is 31.8 Å². The van der Waals surface area contributed by atoms with E-state index in [0.717, 1.165) is 27.0 Å². The van der Waals surface area contributed by atoms with Gasteiger partial charge in [-0.05, 0) is 60.5 Å². The van der Waals surface area contributed by atoms with Crippen molar-refractivity contribution in [3.63, 3.8) is 0 Å². The molecule has 0 aliphatic rings. The summed E-state index contributed by atoms with van der Waals surface area (Å²) in [7, 11) is 0. The molecule has 2 amide bonds. The molecule has 190 valence electrons. The first-order valence-electron chi connectivity index (χ1n) is 12.1. The molecule has 0 aliphatic heterocycles. The number of aromatic nitrogens is 3. The van der Waals surface area contributed by atoms with Gasteiger partial charge in [0.1, 0.15) is 0 Å². The van der Waals surface area contributed by atoms with Gasteiger partial charge < -0.3 is 10.6 Å². The second-order valence-corrected chi connectivity index (χ2v) is 10.5. The number of carbonyl (C=O) groups excluding carboxylic acids is 2. The maximum Gasteiger partial charge on any atom is 0.237 e. The summed E-state index contributed by atoms with van der Waals surface area (Å²) in [5.41, 5.74) is 3.45. The number of rotatable bonds is 10. The van der Waals surface area contributed by atoms with Crippen molar-refractivity contribution >= 4 is 50.9 Å². The standard InChI is InChI=1S/C28H28BrN5O2S/c1-3-24(27(36)31-23-16-12-21(29)13-17-23)37-28-33-32-26(34(28)18-19-8-6-5-7-9-19)20-10-14-22(15-11-20)30-25(35)4-2/h5-17,24H,3-4,18H2,1-2H3,(H,30,35)(H,31,36). The topological polar surface area (TPSA) is 88.9 Å². The van der Waals surface area contributed by atoms with E-state index in [9.17, 15) is 9.59 Å². The number of amides is 2. The summed E-state index contributed by atoms with van der Waals surface area (Å²) < 4.78 is 2.99. The van der Waals surface area contributed by atoms with Crippen LogP contribution in [0.5, 0.6) is 0 Å². The van der Waals surface area contributed by atoms with Crippen LogP contribution < -0.4 is 10.6 Å². The van der Waals surface area contributed by atoms with E-state index < -0.39 is 0 Å². The third kappa shape index (κ3) is 7.08. The average molecular weight is 579 g/mol. The van der Waals surface area contributed by atoms with Gasteiger partial charge in [0, 0.05) is 27.8 Å². The van der Waals surface area contributed by atoms with Crippen molar-refractivity contribution < 1.29 is 9.59 Å². The van der Waals surface area contributed by atoms with Crippen LogP contribution in [0.2, 0.25) is 0 Å². The third-order valence-corrected chi connectivity index (χ3v) is 7.54. The van der Waals surface area contributed by atoms with Crippen LogP contribution in [0.4, 0.5) is 11.4 Å². The van der Waals surface area contributed by atoms with Crippen LogP contribution in [-0.2, 0) is 16.1 Å². The molecule has 37 heavy (non-hydrogen) atoms. The van der Waals surface area contributed by atoms with Crippen molar-refractivity contribution in [2.24, 2.45) is 0 Å². The molecule has 4 aromatic rings. The molecular weight excluding hydrogens is 550 g/mol. The zero-order valence-corrected chi connectivity index (χ0v) is 23.1. The summed E-state index contributed by atoms with van der Waals surface area (Å²) in [5.74, 6) is 0.579. The number of hydrogen-bond acceptors (Lipinski definition) is 5. The summed E-state index contributed by atoms with van der Waals surface area (Å²) in [5, 5.41) is 15.2. The number of nitrogens with one attached hydrogen (secondary N) is 2. The number of hydrogen-bond donors (Lipinski definition) is 2. The number of benzene rings is 3. The molecule has 4 rings (SSSR count). The Labute approximate surface area is 229 Å². The van der Waals surface area contributed by atoms with Crippen LogP contribution in [0.15, 0.2) is 88.5 Å². The number of halogens is 1. The molecule has 0 saturated carbocycles. The Kier molecular flexibility index (Phi) is 9.14. The molecule has 0 bridgehead atoms. The van der Waals surface area contributed by atoms with E-state index in [2.05, 4.69) is 48.9 Å². The predicted octanol–water partition coefficient (Wildman–Crippen LogP) is 6.61. The predicted molar refractivity (Wildman–Crippen MR) is 153 cm³/mol. The van der Waals surface area contributed by atoms with Crippen LogP contribution in [0.25, 0.3) is 11.4 Å². The molecule has 0 radical (unpaired) electrons. The average Bonchev–Trinajstić information content (AvgIpc) is 3.31. The molecule has 1 unspecified atom stereocenters. The van der Waals surface area contributed by atoms with Gasteiger partial charge in [0.15, 0.2) is 11.0 Å². The van der Waals surface area contributed by atoms with Gasteiger partial charge >= 0.3 is 0 Å². The van der Waals surface area contributed by atoms with Gasteiger partial charge in [-0.1, -0.05) is 71.9 Å². The fraction of sp³-hybridized carbons (Fsp3) is 0.214. The van der Waals surface area contributed by atoms with Crippen molar-refractivity contribution in [2.75, 3.05) is 10.6 Å². The van der Waals surface area contributed by atoms with Crippen molar-refractivity contribution in [3.05, 3.63) is 88.9 Å². The van der Waals surface area contributed by atoms with Gasteiger partial charge in [0.05, 0.1) is 11.8 Å². The van der Waals surface area contributed by atoms with E-state index in [1.165, 1.54) is 11.8 Å². The molecular formula is C28H28BrN5O2S. The molecule has 0 fully saturated rings. The van der Waals surface area contributed by atoms with Crippen molar-refractivity contribution in [3.8, 4) is 11.4 Å². The lowest BCUT2D eigenvalue weighted by Gasteiger charge is -2.16. The Bertz CT molecular complexity index is 1340. The molecule has 0 spiro atoms. The zero-order chi connectivity index (χ0) is 26.2. The van der Waals surface area contributed by atoms with Gasteiger partial charge in [-0.2, -0.15) is 0 Å². The SMILES string of the molecule is CCC(=O)Nc1ccc(-c2nnc(SC(CC)C(=O)Nc3ccc(Br)cc3)n2Cc2ccccc2)cc1. The summed E-state index contributed by atoms with van der Waals surface area (Å²) in [4.78, 5) is 24.8. The molecule has 3 aromatic carbocycles. The minimum atomic E-state index is -0.346. The smallest absolute Gasteiger partial charge is 0.237 e. The number of anilines is 2. The van der Waals surface area contributed by atoms with E-state index in [1.54, 1.807) is 0 Å². The lowest BCUT2D eigenvalue weighted by atomic mass is 10.1. The minimum absolute atomic E-state index is 0.0364. The van der Waals surface area contributed by atoms with E-state index in [0.29, 0.717) is 30.4 Å². The van der Waals surface area contributed by atoms with Crippen molar-refractivity contribution in [1.29, 1.82) is 0 Å². The van der Waals surface area contributed by atoms with E-state index >= 15 is 0 Å². The molecule has 0 aliphatic carbocycles. The van der Waals surface area contributed by atoms with E-state index in [4.69, 9.17) is 0 Å². The zero-order valence-electron chi connectivity index (χ0n) is 20.6. The van der Waals surface area contributed by atoms with Crippen LogP contribution in [0, 0.1) is 0 Å². The van der Waals surface area contributed by atoms with Crippen molar-refractivity contribution in [2.45, 2.75) is 43.6 Å². The summed E-state index contributed by atoms with van der Waals surface area (Å²) in [6.45, 7) is 4.36. The molecule has 7 nitrogen and oxygen atoms in total. The van der Waals surface area contributed by atoms with Crippen LogP contribution in [0.3, 0.4) is 0 Å². The fourth-order valence-corrected chi connectivity index (χ4v) is 4.87. The Morgan fingerprint density at radius 3 is 2.19 bits per heavy atom. The molecule has 2 N–H and O–H groups in total. The highest BCUT2D eigenvalue weighted by atomic mass is 79.9. The lowest BCUT2D eigenvalue weighted by molar-refractivity contribution is -0.116. The first-order valence-corrected chi connectivity index (χ1v) is 13.7. The van der Waals surface area contributed by atoms with Gasteiger partial charge in [0.2, 0.25) is 11.8 Å². The monoisotopic (exact) mass is 577 g/mol. The van der Waals surface area contributed by atoms with Crippen LogP contribution >= 0.6 is 27.7 Å². The Balaban J connectivity index is 1.60. The van der Waals surface area contributed by atoms with Gasteiger partial charge in [0.25, 0.3) is 0 Å². The largest absolute Gasteiger partial charge is 0.326 e. The number of nitrogens with zero attached hydrogens (tertiary/aromatic N) is 3. The minimum Gasteiger partial charge on any atom is -0.326 e. The van der Waals surface area contributed by atoms with Crippen molar-refractivity contribution in [1.82, 2.24) is 14.8 Å². The second kappa shape index (κ2) is 12.7. The van der Waals surface area contributed by atoms with Gasteiger partial charge in [-0.3, -0.25) is 14.2 Å². The van der Waals surface area contributed by atoms with Crippen LogP contribution in [0.1, 0.15) is 32.3 Å². The highest BCUT2D eigenvalue weighted by molar-refractivity contribution is 9.10. The first kappa shape index (κ1) is 26.6. The number of thioether (sulfide) groups is 1. The number of carbonyl (C=O) groups is 2. The molecule has 1 atom stereocenters. The molecule has 0 saturated heterocycles. The van der Waals surface area contributed by atoms with Gasteiger partial charge in [-0.25, -0.2) is 0 Å². The lowest BCUT2D eigenvalue weighted by Crippen LogP contribution is -2.25. The molecule has 9 heteroatoms. The first-order chi connectivity index (χ1) is 18.0. The normalized spacial score (nSPS) is 11.6. The quantitative estimate of drug-likeness (QED) is 0.207. The summed E-state index contributed by atoms with van der Waals surface area (Å²) in [6.07, 6.45) is 1.05. The van der Waals surface area contributed by atoms with Gasteiger partial charge in [-0.15, -0.1) is 10.2 Å². The van der Waals surface area contributed by atoms with E-state index in [1.807, 2.05) is 85.1 Å². The highest BCUT2D eigenvalue weighted by Gasteiger charge is 2.23. The fourth-order valence-electron chi connectivity index (χ4n) is 3.66. The molecule has 1 heterocycles.